The molecule has 17 heavy (non-hydrogen) atoms. The van der Waals surface area contributed by atoms with Crippen LogP contribution >= 0.6 is 0 Å². The van der Waals surface area contributed by atoms with Gasteiger partial charge in [-0.15, -0.1) is 0 Å². The fourth-order valence-electron chi connectivity index (χ4n) is 1.73. The minimum Gasteiger partial charge on any atom is -0.0906 e. The molecule has 0 atom stereocenters. The summed E-state index contributed by atoms with van der Waals surface area (Å²) in [4.78, 5) is 0. The minimum absolute atomic E-state index is 1.10. The third-order valence-corrected chi connectivity index (χ3v) is 2.70. The highest BCUT2D eigenvalue weighted by Crippen LogP contribution is 2.26. The molecule has 0 unspecified atom stereocenters. The Balaban J connectivity index is 3.15. The average Bonchev–Trinajstić information content (AvgIpc) is 2.25. The van der Waals surface area contributed by atoms with E-state index in [0.29, 0.717) is 0 Å². The van der Waals surface area contributed by atoms with Gasteiger partial charge in [0.2, 0.25) is 0 Å². The summed E-state index contributed by atoms with van der Waals surface area (Å²) in [5.41, 5.74) is 7.43. The van der Waals surface area contributed by atoms with Gasteiger partial charge in [0.15, 0.2) is 0 Å². The van der Waals surface area contributed by atoms with Crippen LogP contribution in [0.25, 0.3) is 5.57 Å². The molecule has 90 valence electrons. The summed E-state index contributed by atoms with van der Waals surface area (Å²) in [5, 5.41) is 0. The zero-order valence-electron chi connectivity index (χ0n) is 11.6. The molecule has 0 aliphatic heterocycles. The van der Waals surface area contributed by atoms with Gasteiger partial charge in [0.25, 0.3) is 0 Å². The molecule has 1 rings (SSSR count). The van der Waals surface area contributed by atoms with Crippen LogP contribution in [0.3, 0.4) is 0 Å². The van der Waals surface area contributed by atoms with Crippen molar-refractivity contribution >= 4 is 5.57 Å². The van der Waals surface area contributed by atoms with Crippen molar-refractivity contribution in [1.29, 1.82) is 0 Å². The van der Waals surface area contributed by atoms with Gasteiger partial charge >= 0.3 is 0 Å². The second-order valence-corrected chi connectivity index (χ2v) is 4.98. The molecule has 0 spiro atoms. The van der Waals surface area contributed by atoms with Gasteiger partial charge in [0.05, 0.1) is 0 Å². The Morgan fingerprint density at radius 3 is 1.94 bits per heavy atom. The monoisotopic (exact) mass is 226 g/mol. The second kappa shape index (κ2) is 5.67. The molecule has 0 saturated heterocycles. The van der Waals surface area contributed by atoms with Crippen LogP contribution in [0.2, 0.25) is 0 Å². The normalized spacial score (nSPS) is 9.71. The van der Waals surface area contributed by atoms with Crippen LogP contribution < -0.4 is 0 Å². The van der Waals surface area contributed by atoms with Gasteiger partial charge < -0.3 is 0 Å². The van der Waals surface area contributed by atoms with E-state index in [0.717, 1.165) is 5.57 Å². The van der Waals surface area contributed by atoms with Gasteiger partial charge in [-0.3, -0.25) is 0 Å². The van der Waals surface area contributed by atoms with Crippen LogP contribution in [0.5, 0.6) is 0 Å². The Bertz CT molecular complexity index is 459. The largest absolute Gasteiger partial charge is 0.0906 e. The quantitative estimate of drug-likeness (QED) is 0.613. The van der Waals surface area contributed by atoms with E-state index in [4.69, 9.17) is 0 Å². The number of hydrogen-bond acceptors (Lipinski definition) is 0. The summed E-state index contributed by atoms with van der Waals surface area (Å²) in [6, 6.07) is 8.54. The van der Waals surface area contributed by atoms with Crippen molar-refractivity contribution in [3.05, 3.63) is 64.8 Å². The molecule has 0 heterocycles. The summed E-state index contributed by atoms with van der Waals surface area (Å²) in [7, 11) is 0. The molecule has 1 aromatic rings. The van der Waals surface area contributed by atoms with Gasteiger partial charge in [-0.05, 0) is 51.3 Å². The van der Waals surface area contributed by atoms with Crippen molar-refractivity contribution in [2.75, 3.05) is 0 Å². The molecule has 0 N–H and O–H groups in total. The highest BCUT2D eigenvalue weighted by atomic mass is 14.1. The number of aryl methyl sites for hydroxylation is 1. The minimum atomic E-state index is 1.10. The first kappa shape index (κ1) is 13.5. The van der Waals surface area contributed by atoms with Crippen molar-refractivity contribution in [3.63, 3.8) is 0 Å². The number of hydrogen-bond donors (Lipinski definition) is 0. The van der Waals surface area contributed by atoms with Gasteiger partial charge in [-0.2, -0.15) is 0 Å². The van der Waals surface area contributed by atoms with Crippen molar-refractivity contribution in [2.24, 2.45) is 0 Å². The van der Waals surface area contributed by atoms with Gasteiger partial charge in [-0.1, -0.05) is 53.6 Å². The van der Waals surface area contributed by atoms with Crippen LogP contribution in [0.1, 0.15) is 38.8 Å². The van der Waals surface area contributed by atoms with E-state index < -0.39 is 0 Å². The van der Waals surface area contributed by atoms with Crippen LogP contribution in [0.15, 0.2) is 53.6 Å². The first-order valence-corrected chi connectivity index (χ1v) is 6.00. The van der Waals surface area contributed by atoms with E-state index in [9.17, 15) is 0 Å². The Hall–Kier alpha value is -1.56. The molecule has 0 nitrogen and oxygen atoms in total. The lowest BCUT2D eigenvalue weighted by Gasteiger charge is -2.11. The highest BCUT2D eigenvalue weighted by Gasteiger charge is 2.04. The third-order valence-electron chi connectivity index (χ3n) is 2.70. The fraction of sp³-hybridized carbons (Fsp3) is 0.294. The zero-order valence-corrected chi connectivity index (χ0v) is 11.6. The lowest BCUT2D eigenvalue weighted by Crippen LogP contribution is -1.90. The molecular weight excluding hydrogens is 204 g/mol. The van der Waals surface area contributed by atoms with E-state index >= 15 is 0 Å². The molecule has 0 aromatic heterocycles. The molecule has 0 amide bonds. The maximum Gasteiger partial charge on any atom is -0.0184 e. The Morgan fingerprint density at radius 1 is 1.00 bits per heavy atom. The topological polar surface area (TPSA) is 0 Å². The summed E-state index contributed by atoms with van der Waals surface area (Å²) < 4.78 is 0. The Kier molecular flexibility index (Phi) is 4.51. The number of allylic oxidation sites excluding steroid dienone is 5. The molecule has 0 aliphatic carbocycles. The van der Waals surface area contributed by atoms with E-state index in [1.54, 1.807) is 0 Å². The standard InChI is InChI=1S/C17H22/c1-12(2)11-17(13(3)4)15(6)16-9-7-14(5)8-10-16/h7-11H,6H2,1-5H3. The first-order chi connectivity index (χ1) is 7.91. The summed E-state index contributed by atoms with van der Waals surface area (Å²) in [5.74, 6) is 0. The molecule has 0 radical (unpaired) electrons. The van der Waals surface area contributed by atoms with Gasteiger partial charge in [0, 0.05) is 0 Å². The third kappa shape index (κ3) is 3.74. The summed E-state index contributed by atoms with van der Waals surface area (Å²) >= 11 is 0. The second-order valence-electron chi connectivity index (χ2n) is 4.98. The van der Waals surface area contributed by atoms with Crippen LogP contribution in [0.4, 0.5) is 0 Å². The lowest BCUT2D eigenvalue weighted by molar-refractivity contribution is 1.31. The van der Waals surface area contributed by atoms with E-state index in [1.165, 1.54) is 27.8 Å². The van der Waals surface area contributed by atoms with Crippen LogP contribution in [-0.4, -0.2) is 0 Å². The maximum atomic E-state index is 4.23. The molecule has 0 saturated carbocycles. The molecular formula is C17H22. The molecule has 0 bridgehead atoms. The van der Waals surface area contributed by atoms with E-state index in [-0.39, 0.29) is 0 Å². The Morgan fingerprint density at radius 2 is 1.53 bits per heavy atom. The predicted molar refractivity (Wildman–Crippen MR) is 78.0 cm³/mol. The lowest BCUT2D eigenvalue weighted by atomic mass is 9.94. The fourth-order valence-corrected chi connectivity index (χ4v) is 1.73. The molecule has 0 aliphatic rings. The number of rotatable bonds is 3. The van der Waals surface area contributed by atoms with Gasteiger partial charge in [-0.25, -0.2) is 0 Å². The van der Waals surface area contributed by atoms with Crippen molar-refractivity contribution < 1.29 is 0 Å². The van der Waals surface area contributed by atoms with Crippen molar-refractivity contribution in [1.82, 2.24) is 0 Å². The first-order valence-electron chi connectivity index (χ1n) is 6.00. The van der Waals surface area contributed by atoms with Crippen molar-refractivity contribution in [2.45, 2.75) is 34.6 Å². The predicted octanol–water partition coefficient (Wildman–Crippen LogP) is 5.31. The smallest absolute Gasteiger partial charge is 0.0184 e. The maximum absolute atomic E-state index is 4.23. The van der Waals surface area contributed by atoms with E-state index in [1.807, 2.05) is 0 Å². The number of benzene rings is 1. The molecule has 0 heteroatoms. The highest BCUT2D eigenvalue weighted by molar-refractivity contribution is 5.81. The summed E-state index contributed by atoms with van der Waals surface area (Å²) in [6.45, 7) is 14.8. The van der Waals surface area contributed by atoms with Crippen molar-refractivity contribution in [3.8, 4) is 0 Å². The van der Waals surface area contributed by atoms with Gasteiger partial charge in [0.1, 0.15) is 0 Å². The Labute approximate surface area is 105 Å². The SMILES string of the molecule is C=C(C(C=C(C)C)=C(C)C)c1ccc(C)cc1. The zero-order chi connectivity index (χ0) is 13.0. The van der Waals surface area contributed by atoms with Crippen LogP contribution in [-0.2, 0) is 0 Å². The molecule has 0 fully saturated rings. The van der Waals surface area contributed by atoms with E-state index in [2.05, 4.69) is 71.5 Å². The molecule has 1 aromatic carbocycles. The van der Waals surface area contributed by atoms with Crippen LogP contribution in [0, 0.1) is 6.92 Å². The average molecular weight is 226 g/mol. The summed E-state index contributed by atoms with van der Waals surface area (Å²) in [6.07, 6.45) is 2.21.